The first-order valence-electron chi connectivity index (χ1n) is 1.67. The summed E-state index contributed by atoms with van der Waals surface area (Å²) in [5, 5.41) is 17.4. The Morgan fingerprint density at radius 1 is 1.38 bits per heavy atom. The summed E-state index contributed by atoms with van der Waals surface area (Å²) in [5.74, 6) is 0. The standard InChI is InChI=1S/C2H6O6/c1-4-2-5-7-8-6-3/h3H,2H2,1H3. The summed E-state index contributed by atoms with van der Waals surface area (Å²) in [4.78, 5) is 3.99. The Balaban J connectivity index is 2.53. The summed E-state index contributed by atoms with van der Waals surface area (Å²) in [6.07, 6.45) is 0. The van der Waals surface area contributed by atoms with E-state index in [1.54, 1.807) is 0 Å². The van der Waals surface area contributed by atoms with Crippen molar-refractivity contribution >= 4 is 0 Å². The third-order valence-electron chi connectivity index (χ3n) is 0.272. The molecule has 0 aromatic heterocycles. The van der Waals surface area contributed by atoms with E-state index in [2.05, 4.69) is 24.7 Å². The molecule has 0 radical (unpaired) electrons. The molecule has 0 fully saturated rings. The lowest BCUT2D eigenvalue weighted by molar-refractivity contribution is -0.706. The number of methoxy groups -OCH3 is 1. The van der Waals surface area contributed by atoms with Crippen LogP contribution in [-0.2, 0) is 24.7 Å². The fourth-order valence-electron chi connectivity index (χ4n) is 0.0998. The van der Waals surface area contributed by atoms with Gasteiger partial charge in [-0.15, -0.1) is 0 Å². The third kappa shape index (κ3) is 5.76. The maximum atomic E-state index is 7.40. The predicted molar refractivity (Wildman–Crippen MR) is 18.8 cm³/mol. The monoisotopic (exact) mass is 126 g/mol. The van der Waals surface area contributed by atoms with Crippen LogP contribution in [0.5, 0.6) is 0 Å². The highest BCUT2D eigenvalue weighted by Crippen LogP contribution is 1.79. The van der Waals surface area contributed by atoms with E-state index < -0.39 is 0 Å². The summed E-state index contributed by atoms with van der Waals surface area (Å²) in [6, 6.07) is 0. The van der Waals surface area contributed by atoms with Crippen molar-refractivity contribution in [3.05, 3.63) is 0 Å². The molecule has 0 unspecified atom stereocenters. The minimum absolute atomic E-state index is 0.108. The molecule has 0 spiro atoms. The highest BCUT2D eigenvalue weighted by atomic mass is 17.8. The van der Waals surface area contributed by atoms with Crippen LogP contribution >= 0.6 is 0 Å². The Bertz CT molecular complexity index is 31.5. The van der Waals surface area contributed by atoms with Crippen LogP contribution in [0.1, 0.15) is 0 Å². The molecule has 0 bridgehead atoms. The minimum atomic E-state index is -0.108. The largest absolute Gasteiger partial charge is 0.355 e. The van der Waals surface area contributed by atoms with Crippen LogP contribution in [0, 0.1) is 0 Å². The molecule has 6 heteroatoms. The predicted octanol–water partition coefficient (Wildman–Crippen LogP) is -0.125. The fourth-order valence-corrected chi connectivity index (χ4v) is 0.0998. The molecule has 0 atom stereocenters. The highest BCUT2D eigenvalue weighted by molar-refractivity contribution is 3.78. The minimum Gasteiger partial charge on any atom is -0.355 e. The fraction of sp³-hybridized carbons (Fsp3) is 1.00. The first-order valence-corrected chi connectivity index (χ1v) is 1.67. The van der Waals surface area contributed by atoms with Gasteiger partial charge in [0.2, 0.25) is 0 Å². The Morgan fingerprint density at radius 2 is 2.12 bits per heavy atom. The second-order valence-electron chi connectivity index (χ2n) is 0.735. The van der Waals surface area contributed by atoms with Gasteiger partial charge in [-0.2, -0.15) is 4.89 Å². The molecule has 0 aromatic rings. The van der Waals surface area contributed by atoms with Gasteiger partial charge in [-0.3, -0.25) is 0 Å². The zero-order valence-electron chi connectivity index (χ0n) is 4.20. The second-order valence-corrected chi connectivity index (χ2v) is 0.735. The van der Waals surface area contributed by atoms with Crippen molar-refractivity contribution in [1.82, 2.24) is 0 Å². The number of ether oxygens (including phenoxy) is 1. The number of hydrogen-bond donors (Lipinski definition) is 1. The summed E-state index contributed by atoms with van der Waals surface area (Å²) >= 11 is 0. The summed E-state index contributed by atoms with van der Waals surface area (Å²) < 4.78 is 4.32. The van der Waals surface area contributed by atoms with Gasteiger partial charge in [-0.1, -0.05) is 0 Å². The zero-order chi connectivity index (χ0) is 6.24. The second kappa shape index (κ2) is 6.76. The Labute approximate surface area is 45.2 Å². The molecule has 0 aliphatic rings. The molecule has 50 valence electrons. The molecular weight excluding hydrogens is 120 g/mol. The van der Waals surface area contributed by atoms with E-state index in [1.165, 1.54) is 7.11 Å². The van der Waals surface area contributed by atoms with Crippen LogP contribution < -0.4 is 0 Å². The third-order valence-corrected chi connectivity index (χ3v) is 0.272. The van der Waals surface area contributed by atoms with Gasteiger partial charge in [-0.05, 0) is 15.1 Å². The van der Waals surface area contributed by atoms with Gasteiger partial charge in [0, 0.05) is 7.11 Å². The number of rotatable bonds is 5. The molecule has 0 amide bonds. The first-order chi connectivity index (χ1) is 3.91. The van der Waals surface area contributed by atoms with E-state index in [9.17, 15) is 0 Å². The van der Waals surface area contributed by atoms with Gasteiger partial charge in [0.05, 0.1) is 0 Å². The van der Waals surface area contributed by atoms with Crippen molar-refractivity contribution in [3.8, 4) is 0 Å². The first kappa shape index (κ1) is 7.76. The van der Waals surface area contributed by atoms with Crippen LogP contribution in [0.25, 0.3) is 0 Å². The van der Waals surface area contributed by atoms with Crippen LogP contribution in [0.15, 0.2) is 0 Å². The van der Waals surface area contributed by atoms with E-state index in [4.69, 9.17) is 5.26 Å². The zero-order valence-corrected chi connectivity index (χ0v) is 4.20. The molecule has 0 aliphatic carbocycles. The van der Waals surface area contributed by atoms with Crippen LogP contribution in [-0.4, -0.2) is 19.2 Å². The van der Waals surface area contributed by atoms with E-state index in [0.717, 1.165) is 0 Å². The lowest BCUT2D eigenvalue weighted by Crippen LogP contribution is -1.98. The van der Waals surface area contributed by atoms with Crippen LogP contribution in [0.2, 0.25) is 0 Å². The van der Waals surface area contributed by atoms with E-state index in [-0.39, 0.29) is 6.79 Å². The summed E-state index contributed by atoms with van der Waals surface area (Å²) in [7, 11) is 1.39. The maximum Gasteiger partial charge on any atom is 0.183 e. The molecule has 0 rings (SSSR count). The smallest absolute Gasteiger partial charge is 0.183 e. The lowest BCUT2D eigenvalue weighted by Gasteiger charge is -1.94. The van der Waals surface area contributed by atoms with Crippen molar-refractivity contribution in [3.63, 3.8) is 0 Å². The van der Waals surface area contributed by atoms with Gasteiger partial charge < -0.3 is 4.74 Å². The molecule has 0 saturated heterocycles. The molecule has 8 heavy (non-hydrogen) atoms. The van der Waals surface area contributed by atoms with Crippen molar-refractivity contribution in [1.29, 1.82) is 0 Å². The Morgan fingerprint density at radius 3 is 2.62 bits per heavy atom. The van der Waals surface area contributed by atoms with Crippen molar-refractivity contribution in [2.45, 2.75) is 0 Å². The topological polar surface area (TPSA) is 66.4 Å². The SMILES string of the molecule is COCOOOOO. The molecule has 0 aromatic carbocycles. The van der Waals surface area contributed by atoms with Crippen LogP contribution in [0.4, 0.5) is 0 Å². The average Bonchev–Trinajstić information content (AvgIpc) is 1.81. The Kier molecular flexibility index (Phi) is 6.56. The summed E-state index contributed by atoms with van der Waals surface area (Å²) in [6.45, 7) is -0.108. The van der Waals surface area contributed by atoms with Gasteiger partial charge in [0.15, 0.2) is 6.79 Å². The van der Waals surface area contributed by atoms with E-state index >= 15 is 0 Å². The van der Waals surface area contributed by atoms with Gasteiger partial charge in [0.25, 0.3) is 0 Å². The molecule has 0 saturated carbocycles. The van der Waals surface area contributed by atoms with E-state index in [1.807, 2.05) is 0 Å². The summed E-state index contributed by atoms with van der Waals surface area (Å²) in [5.41, 5.74) is 0. The lowest BCUT2D eigenvalue weighted by atomic mass is 11.4. The van der Waals surface area contributed by atoms with Crippen molar-refractivity contribution in [2.24, 2.45) is 0 Å². The van der Waals surface area contributed by atoms with Crippen LogP contribution in [0.3, 0.4) is 0 Å². The molecule has 1 N–H and O–H groups in total. The van der Waals surface area contributed by atoms with Gasteiger partial charge in [-0.25, -0.2) is 5.26 Å². The highest BCUT2D eigenvalue weighted by Gasteiger charge is 1.84. The van der Waals surface area contributed by atoms with Gasteiger partial charge >= 0.3 is 0 Å². The normalized spacial score (nSPS) is 9.75. The van der Waals surface area contributed by atoms with Crippen molar-refractivity contribution < 1.29 is 30.0 Å². The van der Waals surface area contributed by atoms with Gasteiger partial charge in [0.1, 0.15) is 0 Å². The molecule has 0 heterocycles. The maximum absolute atomic E-state index is 7.40. The number of hydrogen-bond acceptors (Lipinski definition) is 6. The quantitative estimate of drug-likeness (QED) is 0.239. The molecule has 6 nitrogen and oxygen atoms in total. The molecule has 0 aliphatic heterocycles. The average molecular weight is 126 g/mol. The molecular formula is C2H6O6. The van der Waals surface area contributed by atoms with E-state index in [0.29, 0.717) is 0 Å². The van der Waals surface area contributed by atoms with Crippen molar-refractivity contribution in [2.75, 3.05) is 13.9 Å². The Hall–Kier alpha value is -0.240.